The average Bonchev–Trinajstić information content (AvgIpc) is 3.00. The van der Waals surface area contributed by atoms with Crippen LogP contribution in [0.15, 0.2) is 5.38 Å². The number of nitrogens with zero attached hydrogens (tertiary/aromatic N) is 4. The summed E-state index contributed by atoms with van der Waals surface area (Å²) in [6.07, 6.45) is 1.65. The van der Waals surface area contributed by atoms with E-state index < -0.39 is 0 Å². The van der Waals surface area contributed by atoms with Crippen molar-refractivity contribution < 1.29 is 9.59 Å². The zero-order valence-electron chi connectivity index (χ0n) is 14.8. The van der Waals surface area contributed by atoms with E-state index in [1.807, 2.05) is 16.7 Å². The molecule has 2 saturated heterocycles. The first kappa shape index (κ1) is 18.3. The van der Waals surface area contributed by atoms with Crippen LogP contribution in [0.5, 0.6) is 0 Å². The molecule has 2 aliphatic rings. The van der Waals surface area contributed by atoms with Crippen LogP contribution in [-0.4, -0.2) is 77.3 Å². The molecule has 2 aliphatic heterocycles. The van der Waals surface area contributed by atoms with E-state index >= 15 is 0 Å². The number of rotatable bonds is 5. The Bertz CT molecular complexity index is 604. The molecule has 0 unspecified atom stereocenters. The van der Waals surface area contributed by atoms with Crippen LogP contribution in [0, 0.1) is 12.8 Å². The van der Waals surface area contributed by atoms with Crippen molar-refractivity contribution >= 4 is 23.2 Å². The Morgan fingerprint density at radius 3 is 2.40 bits per heavy atom. The third-order valence-corrected chi connectivity index (χ3v) is 5.87. The lowest BCUT2D eigenvalue weighted by Crippen LogP contribution is -2.51. The number of hydrogen-bond acceptors (Lipinski definition) is 6. The lowest BCUT2D eigenvalue weighted by Gasteiger charge is -2.38. The molecule has 0 atom stereocenters. The molecule has 2 fully saturated rings. The molecule has 8 heteroatoms. The molecule has 25 heavy (non-hydrogen) atoms. The molecule has 138 valence electrons. The van der Waals surface area contributed by atoms with Crippen molar-refractivity contribution in [3.8, 4) is 0 Å². The molecule has 3 heterocycles. The summed E-state index contributed by atoms with van der Waals surface area (Å²) in [5.74, 6) is 0.0796. The highest BCUT2D eigenvalue weighted by atomic mass is 32.1. The summed E-state index contributed by atoms with van der Waals surface area (Å²) in [4.78, 5) is 34.7. The number of piperidine rings is 1. The van der Waals surface area contributed by atoms with Gasteiger partial charge < -0.3 is 10.6 Å². The maximum atomic E-state index is 12.7. The third-order valence-electron chi connectivity index (χ3n) is 5.05. The Hall–Kier alpha value is -1.51. The van der Waals surface area contributed by atoms with Gasteiger partial charge in [0.2, 0.25) is 11.8 Å². The van der Waals surface area contributed by atoms with Crippen LogP contribution in [0.2, 0.25) is 0 Å². The van der Waals surface area contributed by atoms with E-state index in [1.165, 1.54) is 0 Å². The number of hydrogen-bond donors (Lipinski definition) is 1. The lowest BCUT2D eigenvalue weighted by molar-refractivity contribution is -0.139. The first-order valence-corrected chi connectivity index (χ1v) is 9.82. The van der Waals surface area contributed by atoms with Gasteiger partial charge in [-0.05, 0) is 32.9 Å². The number of aromatic nitrogens is 1. The highest BCUT2D eigenvalue weighted by Gasteiger charge is 2.30. The van der Waals surface area contributed by atoms with E-state index in [0.717, 1.165) is 69.4 Å². The molecule has 0 bridgehead atoms. The monoisotopic (exact) mass is 365 g/mol. The van der Waals surface area contributed by atoms with Gasteiger partial charge in [0, 0.05) is 44.0 Å². The van der Waals surface area contributed by atoms with E-state index in [-0.39, 0.29) is 17.7 Å². The van der Waals surface area contributed by atoms with E-state index in [2.05, 4.69) is 15.3 Å². The van der Waals surface area contributed by atoms with Gasteiger partial charge in [0.25, 0.3) is 0 Å². The summed E-state index contributed by atoms with van der Waals surface area (Å²) in [6.45, 7) is 8.16. The highest BCUT2D eigenvalue weighted by molar-refractivity contribution is 7.09. The molecule has 0 saturated carbocycles. The first-order valence-electron chi connectivity index (χ1n) is 8.94. The SMILES string of the molecule is Cc1nc(CN2CCN(C(=O)C3CCN(CC(N)=O)CC3)CC2)cs1. The Kier molecular flexibility index (Phi) is 6.03. The van der Waals surface area contributed by atoms with Gasteiger partial charge in [-0.1, -0.05) is 0 Å². The maximum absolute atomic E-state index is 12.7. The molecule has 0 aromatic carbocycles. The van der Waals surface area contributed by atoms with Gasteiger partial charge in [-0.15, -0.1) is 11.3 Å². The molecule has 1 aromatic heterocycles. The summed E-state index contributed by atoms with van der Waals surface area (Å²) in [5, 5.41) is 3.22. The van der Waals surface area contributed by atoms with Crippen LogP contribution < -0.4 is 5.73 Å². The molecular weight excluding hydrogens is 338 g/mol. The van der Waals surface area contributed by atoms with Crippen molar-refractivity contribution in [3.63, 3.8) is 0 Å². The number of carbonyl (C=O) groups is 2. The number of carbonyl (C=O) groups excluding carboxylic acids is 2. The largest absolute Gasteiger partial charge is 0.369 e. The van der Waals surface area contributed by atoms with Crippen LogP contribution in [0.1, 0.15) is 23.5 Å². The van der Waals surface area contributed by atoms with Crippen LogP contribution in [0.3, 0.4) is 0 Å². The Balaban J connectivity index is 1.42. The van der Waals surface area contributed by atoms with Gasteiger partial charge in [-0.3, -0.25) is 19.4 Å². The molecule has 0 aliphatic carbocycles. The number of primary amides is 1. The van der Waals surface area contributed by atoms with E-state index in [4.69, 9.17) is 5.73 Å². The molecule has 2 amide bonds. The summed E-state index contributed by atoms with van der Waals surface area (Å²) in [6, 6.07) is 0. The molecule has 3 rings (SSSR count). The van der Waals surface area contributed by atoms with Crippen molar-refractivity contribution in [3.05, 3.63) is 16.1 Å². The predicted molar refractivity (Wildman–Crippen MR) is 97.1 cm³/mol. The average molecular weight is 366 g/mol. The van der Waals surface area contributed by atoms with Crippen LogP contribution in [0.25, 0.3) is 0 Å². The highest BCUT2D eigenvalue weighted by Crippen LogP contribution is 2.21. The molecule has 7 nitrogen and oxygen atoms in total. The second-order valence-corrected chi connectivity index (χ2v) is 8.04. The first-order chi connectivity index (χ1) is 12.0. The van der Waals surface area contributed by atoms with Crippen molar-refractivity contribution in [1.82, 2.24) is 19.7 Å². The fourth-order valence-corrected chi connectivity index (χ4v) is 4.26. The number of likely N-dealkylation sites (tertiary alicyclic amines) is 1. The number of piperazine rings is 1. The zero-order chi connectivity index (χ0) is 17.8. The van der Waals surface area contributed by atoms with Gasteiger partial charge in [0.05, 0.1) is 17.2 Å². The standard InChI is InChI=1S/C17H27N5O2S/c1-13-19-15(12-25-13)10-21-6-8-22(9-7-21)17(24)14-2-4-20(5-3-14)11-16(18)23/h12,14H,2-11H2,1H3,(H2,18,23). The summed E-state index contributed by atoms with van der Waals surface area (Å²) < 4.78 is 0. The topological polar surface area (TPSA) is 82.8 Å². The lowest BCUT2D eigenvalue weighted by atomic mass is 9.95. The smallest absolute Gasteiger partial charge is 0.231 e. The molecule has 0 spiro atoms. The van der Waals surface area contributed by atoms with Crippen molar-refractivity contribution in [2.75, 3.05) is 45.8 Å². The zero-order valence-corrected chi connectivity index (χ0v) is 15.6. The van der Waals surface area contributed by atoms with Gasteiger partial charge in [-0.2, -0.15) is 0 Å². The van der Waals surface area contributed by atoms with Gasteiger partial charge in [-0.25, -0.2) is 4.98 Å². The molecular formula is C17H27N5O2S. The third kappa shape index (κ3) is 4.99. The van der Waals surface area contributed by atoms with Crippen molar-refractivity contribution in [2.45, 2.75) is 26.3 Å². The van der Waals surface area contributed by atoms with Crippen LogP contribution in [-0.2, 0) is 16.1 Å². The minimum absolute atomic E-state index is 0.0943. The van der Waals surface area contributed by atoms with E-state index in [0.29, 0.717) is 6.54 Å². The number of aryl methyl sites for hydroxylation is 1. The van der Waals surface area contributed by atoms with Crippen molar-refractivity contribution in [1.29, 1.82) is 0 Å². The molecule has 0 radical (unpaired) electrons. The van der Waals surface area contributed by atoms with Gasteiger partial charge in [0.15, 0.2) is 0 Å². The van der Waals surface area contributed by atoms with E-state index in [9.17, 15) is 9.59 Å². The van der Waals surface area contributed by atoms with Crippen molar-refractivity contribution in [2.24, 2.45) is 11.7 Å². The molecule has 2 N–H and O–H groups in total. The Morgan fingerprint density at radius 2 is 1.84 bits per heavy atom. The second kappa shape index (κ2) is 8.25. The van der Waals surface area contributed by atoms with Crippen LogP contribution in [0.4, 0.5) is 0 Å². The van der Waals surface area contributed by atoms with E-state index in [1.54, 1.807) is 11.3 Å². The summed E-state index contributed by atoms with van der Waals surface area (Å²) in [7, 11) is 0. The number of thiazole rings is 1. The van der Waals surface area contributed by atoms with Crippen LogP contribution >= 0.6 is 11.3 Å². The number of amides is 2. The normalized spacial score (nSPS) is 20.8. The van der Waals surface area contributed by atoms with Gasteiger partial charge >= 0.3 is 0 Å². The summed E-state index contributed by atoms with van der Waals surface area (Å²) in [5.41, 5.74) is 6.37. The minimum Gasteiger partial charge on any atom is -0.369 e. The molecule has 1 aromatic rings. The second-order valence-electron chi connectivity index (χ2n) is 6.98. The minimum atomic E-state index is -0.295. The maximum Gasteiger partial charge on any atom is 0.231 e. The Morgan fingerprint density at radius 1 is 1.16 bits per heavy atom. The fraction of sp³-hybridized carbons (Fsp3) is 0.706. The fourth-order valence-electron chi connectivity index (χ4n) is 3.65. The quantitative estimate of drug-likeness (QED) is 0.811. The summed E-state index contributed by atoms with van der Waals surface area (Å²) >= 11 is 1.69. The predicted octanol–water partition coefficient (Wildman–Crippen LogP) is 0.293. The van der Waals surface area contributed by atoms with Gasteiger partial charge in [0.1, 0.15) is 0 Å². The number of nitrogens with two attached hydrogens (primary N) is 1. The Labute approximate surface area is 152 Å².